The first kappa shape index (κ1) is 16.0. The van der Waals surface area contributed by atoms with Crippen LogP contribution in [0.15, 0.2) is 24.3 Å². The predicted molar refractivity (Wildman–Crippen MR) is 85.5 cm³/mol. The highest BCUT2D eigenvalue weighted by atomic mass is 16.3. The van der Waals surface area contributed by atoms with Crippen molar-refractivity contribution < 1.29 is 9.90 Å². The number of fused-ring (bicyclic) bond motifs is 1. The number of carbonyl (C=O) groups excluding carboxylic acids is 1. The number of rotatable bonds is 7. The van der Waals surface area contributed by atoms with E-state index in [0.717, 1.165) is 31.5 Å². The van der Waals surface area contributed by atoms with Crippen molar-refractivity contribution in [2.24, 2.45) is 0 Å². The second-order valence-corrected chi connectivity index (χ2v) is 5.59. The Balaban J connectivity index is 2.06. The molecule has 0 aromatic heterocycles. The Hall–Kier alpha value is -1.39. The van der Waals surface area contributed by atoms with Crippen LogP contribution in [0.5, 0.6) is 0 Å². The molecule has 0 atom stereocenters. The summed E-state index contributed by atoms with van der Waals surface area (Å²) in [6.07, 6.45) is 2.94. The number of anilines is 1. The second-order valence-electron chi connectivity index (χ2n) is 5.59. The Morgan fingerprint density at radius 3 is 2.71 bits per heavy atom. The van der Waals surface area contributed by atoms with Gasteiger partial charge in [0.1, 0.15) is 0 Å². The van der Waals surface area contributed by atoms with Crippen LogP contribution in [0, 0.1) is 0 Å². The summed E-state index contributed by atoms with van der Waals surface area (Å²) in [5.41, 5.74) is 2.30. The van der Waals surface area contributed by atoms with E-state index in [-0.39, 0.29) is 12.5 Å². The van der Waals surface area contributed by atoms with E-state index >= 15 is 0 Å². The topological polar surface area (TPSA) is 43.8 Å². The summed E-state index contributed by atoms with van der Waals surface area (Å²) in [6, 6.07) is 8.48. The third-order valence-electron chi connectivity index (χ3n) is 4.37. The van der Waals surface area contributed by atoms with Crippen LogP contribution in [0.25, 0.3) is 0 Å². The molecule has 0 fully saturated rings. The lowest BCUT2D eigenvalue weighted by Gasteiger charge is -2.31. The summed E-state index contributed by atoms with van der Waals surface area (Å²) in [7, 11) is 0. The molecule has 1 aliphatic heterocycles. The van der Waals surface area contributed by atoms with Crippen LogP contribution < -0.4 is 4.90 Å². The molecule has 21 heavy (non-hydrogen) atoms. The molecule has 0 aliphatic carbocycles. The Morgan fingerprint density at radius 2 is 2.05 bits per heavy atom. The summed E-state index contributed by atoms with van der Waals surface area (Å²) < 4.78 is 0. The Kier molecular flexibility index (Phi) is 5.76. The number of hydrogen-bond acceptors (Lipinski definition) is 3. The molecule has 1 heterocycles. The Bertz CT molecular complexity index is 472. The fourth-order valence-corrected chi connectivity index (χ4v) is 3.18. The van der Waals surface area contributed by atoms with Crippen LogP contribution in [0.1, 0.15) is 32.3 Å². The maximum atomic E-state index is 12.6. The normalized spacial score (nSPS) is 14.0. The molecule has 1 amide bonds. The zero-order chi connectivity index (χ0) is 15.2. The van der Waals surface area contributed by atoms with Gasteiger partial charge in [0.15, 0.2) is 0 Å². The van der Waals surface area contributed by atoms with Gasteiger partial charge in [0.25, 0.3) is 0 Å². The summed E-state index contributed by atoms with van der Waals surface area (Å²) in [5, 5.41) is 9.25. The van der Waals surface area contributed by atoms with Gasteiger partial charge in [-0.2, -0.15) is 0 Å². The van der Waals surface area contributed by atoms with Gasteiger partial charge < -0.3 is 10.0 Å². The second kappa shape index (κ2) is 7.57. The van der Waals surface area contributed by atoms with E-state index in [4.69, 9.17) is 0 Å². The summed E-state index contributed by atoms with van der Waals surface area (Å²) in [4.78, 5) is 16.6. The van der Waals surface area contributed by atoms with Crippen molar-refractivity contribution in [2.45, 2.75) is 39.2 Å². The van der Waals surface area contributed by atoms with Crippen molar-refractivity contribution in [3.05, 3.63) is 29.8 Å². The highest BCUT2D eigenvalue weighted by Gasteiger charge is 2.26. The molecule has 0 unspecified atom stereocenters. The van der Waals surface area contributed by atoms with Gasteiger partial charge >= 0.3 is 0 Å². The van der Waals surface area contributed by atoms with Crippen LogP contribution in [-0.2, 0) is 11.2 Å². The minimum Gasteiger partial charge on any atom is -0.395 e. The van der Waals surface area contributed by atoms with Crippen LogP contribution in [0.4, 0.5) is 5.69 Å². The molecule has 0 radical (unpaired) electrons. The van der Waals surface area contributed by atoms with E-state index in [1.54, 1.807) is 0 Å². The molecule has 1 aromatic rings. The van der Waals surface area contributed by atoms with E-state index in [2.05, 4.69) is 24.8 Å². The first-order valence-corrected chi connectivity index (χ1v) is 7.94. The molecule has 0 spiro atoms. The standard InChI is InChI=1S/C17H26N2O2/c1-3-15(4-2)18(11-12-20)13-17(21)19-10-9-14-7-5-6-8-16(14)19/h5-8,15,20H,3-4,9-13H2,1-2H3. The summed E-state index contributed by atoms with van der Waals surface area (Å²) in [6.45, 7) is 6.09. The third-order valence-corrected chi connectivity index (χ3v) is 4.37. The van der Waals surface area contributed by atoms with Crippen LogP contribution in [0.3, 0.4) is 0 Å². The fraction of sp³-hybridized carbons (Fsp3) is 0.588. The van der Waals surface area contributed by atoms with E-state index in [1.807, 2.05) is 23.1 Å². The summed E-state index contributed by atoms with van der Waals surface area (Å²) >= 11 is 0. The quantitative estimate of drug-likeness (QED) is 0.836. The Labute approximate surface area is 127 Å². The van der Waals surface area contributed by atoms with Crippen molar-refractivity contribution in [2.75, 3.05) is 31.1 Å². The Morgan fingerprint density at radius 1 is 1.33 bits per heavy atom. The van der Waals surface area contributed by atoms with Crippen molar-refractivity contribution in [1.82, 2.24) is 4.90 Å². The number of aliphatic hydroxyl groups excluding tert-OH is 1. The largest absolute Gasteiger partial charge is 0.395 e. The zero-order valence-corrected chi connectivity index (χ0v) is 13.1. The van der Waals surface area contributed by atoms with Gasteiger partial charge in [0.2, 0.25) is 5.91 Å². The first-order valence-electron chi connectivity index (χ1n) is 7.94. The monoisotopic (exact) mass is 290 g/mol. The average Bonchev–Trinajstić information content (AvgIpc) is 2.92. The molecule has 1 aromatic carbocycles. The van der Waals surface area contributed by atoms with Crippen molar-refractivity contribution in [3.8, 4) is 0 Å². The number of amides is 1. The smallest absolute Gasteiger partial charge is 0.241 e. The molecule has 116 valence electrons. The predicted octanol–water partition coefficient (Wildman–Crippen LogP) is 2.06. The number of aliphatic hydroxyl groups is 1. The number of nitrogens with zero attached hydrogens (tertiary/aromatic N) is 2. The number of hydrogen-bond donors (Lipinski definition) is 1. The highest BCUT2D eigenvalue weighted by molar-refractivity contribution is 5.96. The molecule has 4 nitrogen and oxygen atoms in total. The molecule has 2 rings (SSSR count). The summed E-state index contributed by atoms with van der Waals surface area (Å²) in [5.74, 6) is 0.139. The van der Waals surface area contributed by atoms with Gasteiger partial charge in [-0.15, -0.1) is 0 Å². The lowest BCUT2D eigenvalue weighted by Crippen LogP contribution is -2.45. The molecule has 0 saturated heterocycles. The zero-order valence-electron chi connectivity index (χ0n) is 13.1. The lowest BCUT2D eigenvalue weighted by molar-refractivity contribution is -0.120. The van der Waals surface area contributed by atoms with E-state index in [0.29, 0.717) is 19.1 Å². The maximum absolute atomic E-state index is 12.6. The van der Waals surface area contributed by atoms with Gasteiger partial charge in [-0.05, 0) is 30.9 Å². The molecule has 1 aliphatic rings. The van der Waals surface area contributed by atoms with Gasteiger partial charge in [-0.1, -0.05) is 32.0 Å². The maximum Gasteiger partial charge on any atom is 0.241 e. The minimum atomic E-state index is 0.0976. The SMILES string of the molecule is CCC(CC)N(CCO)CC(=O)N1CCc2ccccc21. The highest BCUT2D eigenvalue weighted by Crippen LogP contribution is 2.27. The van der Waals surface area contributed by atoms with Crippen LogP contribution in [0.2, 0.25) is 0 Å². The first-order chi connectivity index (χ1) is 10.2. The molecular formula is C17H26N2O2. The van der Waals surface area contributed by atoms with Crippen LogP contribution in [-0.4, -0.2) is 48.2 Å². The van der Waals surface area contributed by atoms with Crippen molar-refractivity contribution in [3.63, 3.8) is 0 Å². The van der Waals surface area contributed by atoms with Gasteiger partial charge in [-0.3, -0.25) is 9.69 Å². The molecule has 0 bridgehead atoms. The number of carbonyl (C=O) groups is 1. The average molecular weight is 290 g/mol. The van der Waals surface area contributed by atoms with Gasteiger partial charge in [0.05, 0.1) is 13.2 Å². The molecule has 0 saturated carbocycles. The number of benzene rings is 1. The third kappa shape index (κ3) is 3.63. The molecular weight excluding hydrogens is 264 g/mol. The van der Waals surface area contributed by atoms with E-state index < -0.39 is 0 Å². The van der Waals surface area contributed by atoms with Crippen molar-refractivity contribution in [1.29, 1.82) is 0 Å². The fourth-order valence-electron chi connectivity index (χ4n) is 3.18. The van der Waals surface area contributed by atoms with Crippen LogP contribution >= 0.6 is 0 Å². The van der Waals surface area contributed by atoms with Gasteiger partial charge in [0, 0.05) is 24.8 Å². The molecule has 4 heteroatoms. The van der Waals surface area contributed by atoms with E-state index in [1.165, 1.54) is 5.56 Å². The minimum absolute atomic E-state index is 0.0976. The van der Waals surface area contributed by atoms with Gasteiger partial charge in [-0.25, -0.2) is 0 Å². The van der Waals surface area contributed by atoms with Crippen molar-refractivity contribution >= 4 is 11.6 Å². The molecule has 1 N–H and O–H groups in total. The lowest BCUT2D eigenvalue weighted by atomic mass is 10.1. The van der Waals surface area contributed by atoms with E-state index in [9.17, 15) is 9.90 Å². The number of para-hydroxylation sites is 1.